The summed E-state index contributed by atoms with van der Waals surface area (Å²) in [6.07, 6.45) is 1.73. The van der Waals surface area contributed by atoms with Gasteiger partial charge >= 0.3 is 0 Å². The molecule has 136 valence electrons. The Morgan fingerprint density at radius 3 is 2.00 bits per heavy atom. The van der Waals surface area contributed by atoms with Gasteiger partial charge in [0.15, 0.2) is 5.78 Å². The Balaban J connectivity index is 1.96. The molecule has 3 nitrogen and oxygen atoms in total. The molecule has 3 aromatic carbocycles. The van der Waals surface area contributed by atoms with Gasteiger partial charge in [0, 0.05) is 17.4 Å². The Hall–Kier alpha value is -3.72. The molecule has 0 aliphatic carbocycles. The van der Waals surface area contributed by atoms with E-state index in [1.807, 2.05) is 73.7 Å². The largest absolute Gasteiger partial charge is 0.288 e. The quantitative estimate of drug-likeness (QED) is 0.475. The number of pyridine rings is 1. The molecule has 0 spiro atoms. The van der Waals surface area contributed by atoms with Gasteiger partial charge in [-0.05, 0) is 36.2 Å². The van der Waals surface area contributed by atoms with Crippen molar-refractivity contribution in [2.45, 2.75) is 6.92 Å². The van der Waals surface area contributed by atoms with E-state index in [1.54, 1.807) is 30.5 Å². The molecule has 0 atom stereocenters. The smallest absolute Gasteiger partial charge is 0.266 e. The molecule has 0 amide bonds. The van der Waals surface area contributed by atoms with E-state index in [2.05, 4.69) is 0 Å². The molecule has 0 N–H and O–H groups in total. The standard InChI is InChI=1S/C25H19NO2/c1-18-12-14-21(15-13-18)26-17-16-22(19-8-4-2-5-9-19)23(25(26)28)24(27)20-10-6-3-7-11-20/h2-17H,1H3. The molecule has 0 bridgehead atoms. The number of carbonyl (C=O) groups excluding carboxylic acids is 1. The van der Waals surface area contributed by atoms with Crippen molar-refractivity contribution in [2.75, 3.05) is 0 Å². The first-order valence-corrected chi connectivity index (χ1v) is 9.13. The summed E-state index contributed by atoms with van der Waals surface area (Å²) >= 11 is 0. The van der Waals surface area contributed by atoms with Crippen LogP contribution in [0.3, 0.4) is 0 Å². The van der Waals surface area contributed by atoms with Crippen LogP contribution in [-0.2, 0) is 0 Å². The fourth-order valence-corrected chi connectivity index (χ4v) is 3.26. The highest BCUT2D eigenvalue weighted by Crippen LogP contribution is 2.24. The SMILES string of the molecule is Cc1ccc(-n2ccc(-c3ccccc3)c(C(=O)c3ccccc3)c2=O)cc1. The molecule has 0 saturated carbocycles. The van der Waals surface area contributed by atoms with Gasteiger partial charge in [-0.1, -0.05) is 78.4 Å². The lowest BCUT2D eigenvalue weighted by Gasteiger charge is -2.13. The number of ketones is 1. The van der Waals surface area contributed by atoms with Crippen molar-refractivity contribution in [3.05, 3.63) is 124 Å². The van der Waals surface area contributed by atoms with Crippen LogP contribution in [0.1, 0.15) is 21.5 Å². The van der Waals surface area contributed by atoms with E-state index in [0.717, 1.165) is 16.8 Å². The average Bonchev–Trinajstić information content (AvgIpc) is 2.75. The lowest BCUT2D eigenvalue weighted by atomic mass is 9.95. The molecule has 0 radical (unpaired) electrons. The van der Waals surface area contributed by atoms with Gasteiger partial charge in [0.05, 0.1) is 5.56 Å². The molecule has 28 heavy (non-hydrogen) atoms. The van der Waals surface area contributed by atoms with E-state index in [-0.39, 0.29) is 16.9 Å². The highest BCUT2D eigenvalue weighted by Gasteiger charge is 2.20. The predicted molar refractivity (Wildman–Crippen MR) is 112 cm³/mol. The third-order valence-electron chi connectivity index (χ3n) is 4.75. The van der Waals surface area contributed by atoms with E-state index in [4.69, 9.17) is 0 Å². The van der Waals surface area contributed by atoms with Crippen molar-refractivity contribution in [3.8, 4) is 16.8 Å². The van der Waals surface area contributed by atoms with Crippen molar-refractivity contribution in [2.24, 2.45) is 0 Å². The summed E-state index contributed by atoms with van der Waals surface area (Å²) < 4.78 is 1.53. The molecule has 4 rings (SSSR count). The molecular formula is C25H19NO2. The van der Waals surface area contributed by atoms with E-state index in [0.29, 0.717) is 11.1 Å². The van der Waals surface area contributed by atoms with Crippen LogP contribution < -0.4 is 5.56 Å². The Labute approximate surface area is 163 Å². The molecule has 0 fully saturated rings. The lowest BCUT2D eigenvalue weighted by molar-refractivity contribution is 0.103. The number of nitrogens with zero attached hydrogens (tertiary/aromatic N) is 1. The monoisotopic (exact) mass is 365 g/mol. The first-order valence-electron chi connectivity index (χ1n) is 9.13. The average molecular weight is 365 g/mol. The first-order chi connectivity index (χ1) is 13.6. The fraction of sp³-hybridized carbons (Fsp3) is 0.0400. The minimum absolute atomic E-state index is 0.181. The van der Waals surface area contributed by atoms with Gasteiger partial charge in [0.1, 0.15) is 0 Å². The van der Waals surface area contributed by atoms with E-state index in [9.17, 15) is 9.59 Å². The number of aryl methyl sites for hydroxylation is 1. The van der Waals surface area contributed by atoms with Crippen LogP contribution in [0.2, 0.25) is 0 Å². The molecule has 1 heterocycles. The van der Waals surface area contributed by atoms with Crippen LogP contribution in [0.5, 0.6) is 0 Å². The Morgan fingerprint density at radius 1 is 0.750 bits per heavy atom. The molecule has 3 heteroatoms. The Kier molecular flexibility index (Phi) is 4.73. The number of rotatable bonds is 4. The topological polar surface area (TPSA) is 39.1 Å². The van der Waals surface area contributed by atoms with Gasteiger partial charge in [-0.25, -0.2) is 0 Å². The summed E-state index contributed by atoms with van der Waals surface area (Å²) in [5, 5.41) is 0. The van der Waals surface area contributed by atoms with Crippen LogP contribution in [0, 0.1) is 6.92 Å². The van der Waals surface area contributed by atoms with Crippen molar-refractivity contribution >= 4 is 5.78 Å². The van der Waals surface area contributed by atoms with Crippen LogP contribution in [0.25, 0.3) is 16.8 Å². The van der Waals surface area contributed by atoms with Gasteiger partial charge in [-0.3, -0.25) is 14.2 Å². The second-order valence-electron chi connectivity index (χ2n) is 6.68. The first kappa shape index (κ1) is 17.7. The molecular weight excluding hydrogens is 346 g/mol. The molecule has 1 aromatic heterocycles. The number of carbonyl (C=O) groups is 1. The maximum atomic E-state index is 13.4. The molecule has 0 aliphatic heterocycles. The minimum atomic E-state index is -0.320. The number of aromatic nitrogens is 1. The zero-order chi connectivity index (χ0) is 19.5. The summed E-state index contributed by atoms with van der Waals surface area (Å²) in [5.74, 6) is -0.272. The van der Waals surface area contributed by atoms with Gasteiger partial charge in [-0.2, -0.15) is 0 Å². The van der Waals surface area contributed by atoms with Gasteiger partial charge in [0.2, 0.25) is 0 Å². The van der Waals surface area contributed by atoms with E-state index >= 15 is 0 Å². The maximum Gasteiger partial charge on any atom is 0.266 e. The third kappa shape index (κ3) is 3.30. The summed E-state index contributed by atoms with van der Waals surface area (Å²) in [7, 11) is 0. The zero-order valence-electron chi connectivity index (χ0n) is 15.5. The predicted octanol–water partition coefficient (Wildman–Crippen LogP) is 5.04. The summed E-state index contributed by atoms with van der Waals surface area (Å²) in [5.41, 5.74) is 3.69. The van der Waals surface area contributed by atoms with Crippen molar-refractivity contribution < 1.29 is 4.79 Å². The molecule has 0 unspecified atom stereocenters. The zero-order valence-corrected chi connectivity index (χ0v) is 15.5. The van der Waals surface area contributed by atoms with Crippen molar-refractivity contribution in [1.82, 2.24) is 4.57 Å². The Morgan fingerprint density at radius 2 is 1.36 bits per heavy atom. The summed E-state index contributed by atoms with van der Waals surface area (Å²) in [4.78, 5) is 26.7. The summed E-state index contributed by atoms with van der Waals surface area (Å²) in [6, 6.07) is 28.0. The lowest BCUT2D eigenvalue weighted by Crippen LogP contribution is -2.26. The normalized spacial score (nSPS) is 10.6. The molecule has 0 saturated heterocycles. The van der Waals surface area contributed by atoms with Gasteiger partial charge in [0.25, 0.3) is 5.56 Å². The maximum absolute atomic E-state index is 13.4. The van der Waals surface area contributed by atoms with Crippen molar-refractivity contribution in [1.29, 1.82) is 0 Å². The Bertz CT molecular complexity index is 1170. The van der Waals surface area contributed by atoms with Crippen molar-refractivity contribution in [3.63, 3.8) is 0 Å². The van der Waals surface area contributed by atoms with Gasteiger partial charge < -0.3 is 0 Å². The van der Waals surface area contributed by atoms with Crippen LogP contribution in [0.4, 0.5) is 0 Å². The second kappa shape index (κ2) is 7.49. The van der Waals surface area contributed by atoms with Crippen LogP contribution in [-0.4, -0.2) is 10.4 Å². The summed E-state index contributed by atoms with van der Waals surface area (Å²) in [6.45, 7) is 2.00. The third-order valence-corrected chi connectivity index (χ3v) is 4.75. The highest BCUT2D eigenvalue weighted by atomic mass is 16.1. The second-order valence-corrected chi connectivity index (χ2v) is 6.68. The van der Waals surface area contributed by atoms with Gasteiger partial charge in [-0.15, -0.1) is 0 Å². The van der Waals surface area contributed by atoms with E-state index < -0.39 is 0 Å². The highest BCUT2D eigenvalue weighted by molar-refractivity contribution is 6.12. The fourth-order valence-electron chi connectivity index (χ4n) is 3.26. The number of hydrogen-bond acceptors (Lipinski definition) is 2. The number of hydrogen-bond donors (Lipinski definition) is 0. The van der Waals surface area contributed by atoms with Crippen LogP contribution >= 0.6 is 0 Å². The minimum Gasteiger partial charge on any atom is -0.288 e. The molecule has 4 aromatic rings. The number of benzene rings is 3. The van der Waals surface area contributed by atoms with Crippen LogP contribution in [0.15, 0.2) is 102 Å². The molecule has 0 aliphatic rings. The van der Waals surface area contributed by atoms with E-state index in [1.165, 1.54) is 4.57 Å².